The Morgan fingerprint density at radius 3 is 2.42 bits per heavy atom. The second-order valence-corrected chi connectivity index (χ2v) is 5.13. The van der Waals surface area contributed by atoms with Gasteiger partial charge in [-0.25, -0.2) is 0 Å². The molecular formula is C13H25ClN4O. The van der Waals surface area contributed by atoms with Crippen molar-refractivity contribution in [3.63, 3.8) is 0 Å². The molecule has 1 heterocycles. The topological polar surface area (TPSA) is 72.9 Å². The molecule has 0 aromatic carbocycles. The van der Waals surface area contributed by atoms with E-state index in [9.17, 15) is 4.79 Å². The highest BCUT2D eigenvalue weighted by molar-refractivity contribution is 5.85. The van der Waals surface area contributed by atoms with Gasteiger partial charge in [0.05, 0.1) is 5.69 Å². The molecule has 2 unspecified atom stereocenters. The fraction of sp³-hybridized carbons (Fsp3) is 0.692. The fourth-order valence-corrected chi connectivity index (χ4v) is 2.10. The minimum absolute atomic E-state index is 0. The third-order valence-corrected chi connectivity index (χ3v) is 3.08. The Bertz CT molecular complexity index is 429. The van der Waals surface area contributed by atoms with Crippen LogP contribution in [0.3, 0.4) is 0 Å². The van der Waals surface area contributed by atoms with Gasteiger partial charge in [0, 0.05) is 31.2 Å². The van der Waals surface area contributed by atoms with Crippen molar-refractivity contribution in [2.45, 2.75) is 52.6 Å². The van der Waals surface area contributed by atoms with Gasteiger partial charge in [-0.05, 0) is 39.7 Å². The number of carbonyl (C=O) groups is 1. The summed E-state index contributed by atoms with van der Waals surface area (Å²) >= 11 is 0. The lowest BCUT2D eigenvalue weighted by Crippen LogP contribution is -2.37. The Morgan fingerprint density at radius 1 is 1.42 bits per heavy atom. The molecule has 1 aromatic rings. The van der Waals surface area contributed by atoms with E-state index in [0.717, 1.165) is 17.8 Å². The van der Waals surface area contributed by atoms with Gasteiger partial charge in [0.1, 0.15) is 0 Å². The lowest BCUT2D eigenvalue weighted by atomic mass is 10.1. The Labute approximate surface area is 121 Å². The zero-order valence-corrected chi connectivity index (χ0v) is 13.2. The van der Waals surface area contributed by atoms with E-state index < -0.39 is 0 Å². The average molecular weight is 289 g/mol. The second kappa shape index (κ2) is 7.50. The number of nitrogens with two attached hydrogens (primary N) is 1. The number of amides is 1. The summed E-state index contributed by atoms with van der Waals surface area (Å²) in [6.45, 7) is 7.88. The molecule has 2 atom stereocenters. The summed E-state index contributed by atoms with van der Waals surface area (Å²) in [6, 6.07) is -0.00286. The zero-order chi connectivity index (χ0) is 13.9. The van der Waals surface area contributed by atoms with Crippen LogP contribution >= 0.6 is 12.4 Å². The summed E-state index contributed by atoms with van der Waals surface area (Å²) in [5.74, 6) is 0.0108. The lowest BCUT2D eigenvalue weighted by molar-refractivity contribution is -0.121. The van der Waals surface area contributed by atoms with Crippen molar-refractivity contribution in [3.8, 4) is 0 Å². The highest BCUT2D eigenvalue weighted by Crippen LogP contribution is 2.14. The average Bonchev–Trinajstić information content (AvgIpc) is 2.43. The van der Waals surface area contributed by atoms with Crippen LogP contribution in [0, 0.1) is 13.8 Å². The third kappa shape index (κ3) is 5.20. The van der Waals surface area contributed by atoms with Crippen LogP contribution in [-0.4, -0.2) is 27.8 Å². The van der Waals surface area contributed by atoms with E-state index in [2.05, 4.69) is 10.4 Å². The standard InChI is InChI=1S/C13H24N4O.ClH/c1-8(14)6-13(18)15-9(2)7-12-10(3)16-17(5)11(12)4;/h8-9H,6-7,14H2,1-5H3,(H,15,18);1H. The Morgan fingerprint density at radius 2 is 2.00 bits per heavy atom. The van der Waals surface area contributed by atoms with Crippen LogP contribution in [0.4, 0.5) is 0 Å². The second-order valence-electron chi connectivity index (χ2n) is 5.13. The molecule has 1 amide bonds. The van der Waals surface area contributed by atoms with Gasteiger partial charge in [-0.1, -0.05) is 0 Å². The first-order valence-corrected chi connectivity index (χ1v) is 6.35. The molecule has 1 aromatic heterocycles. The number of halogens is 1. The normalized spacial score (nSPS) is 13.6. The Balaban J connectivity index is 0.00000324. The van der Waals surface area contributed by atoms with E-state index in [4.69, 9.17) is 5.73 Å². The molecule has 0 aliphatic rings. The SMILES string of the molecule is Cc1nn(C)c(C)c1CC(C)NC(=O)CC(C)N.Cl. The van der Waals surface area contributed by atoms with Crippen LogP contribution in [0.15, 0.2) is 0 Å². The molecule has 0 aliphatic heterocycles. The molecule has 0 saturated carbocycles. The first-order valence-electron chi connectivity index (χ1n) is 6.35. The quantitative estimate of drug-likeness (QED) is 0.856. The van der Waals surface area contributed by atoms with Gasteiger partial charge < -0.3 is 11.1 Å². The lowest BCUT2D eigenvalue weighted by Gasteiger charge is -2.15. The maximum atomic E-state index is 11.6. The molecule has 0 radical (unpaired) electrons. The highest BCUT2D eigenvalue weighted by atomic mass is 35.5. The molecule has 0 fully saturated rings. The molecule has 110 valence electrons. The largest absolute Gasteiger partial charge is 0.353 e. The van der Waals surface area contributed by atoms with Gasteiger partial charge in [-0.2, -0.15) is 5.10 Å². The summed E-state index contributed by atoms with van der Waals surface area (Å²) < 4.78 is 1.88. The molecule has 19 heavy (non-hydrogen) atoms. The summed E-state index contributed by atoms with van der Waals surface area (Å²) in [7, 11) is 1.94. The summed E-state index contributed by atoms with van der Waals surface area (Å²) in [6.07, 6.45) is 1.17. The monoisotopic (exact) mass is 288 g/mol. The maximum absolute atomic E-state index is 11.6. The number of nitrogens with one attached hydrogen (secondary N) is 1. The predicted octanol–water partition coefficient (Wildman–Crippen LogP) is 1.24. The van der Waals surface area contributed by atoms with Crippen molar-refractivity contribution in [2.75, 3.05) is 0 Å². The molecule has 0 spiro atoms. The third-order valence-electron chi connectivity index (χ3n) is 3.08. The summed E-state index contributed by atoms with van der Waals surface area (Å²) in [5, 5.41) is 7.34. The van der Waals surface area contributed by atoms with Gasteiger partial charge in [0.25, 0.3) is 0 Å². The smallest absolute Gasteiger partial charge is 0.221 e. The fourth-order valence-electron chi connectivity index (χ4n) is 2.10. The van der Waals surface area contributed by atoms with E-state index in [1.54, 1.807) is 0 Å². The number of hydrogen-bond donors (Lipinski definition) is 2. The van der Waals surface area contributed by atoms with Crippen molar-refractivity contribution in [3.05, 3.63) is 17.0 Å². The van der Waals surface area contributed by atoms with Gasteiger partial charge in [0.2, 0.25) is 5.91 Å². The van der Waals surface area contributed by atoms with Crippen LogP contribution < -0.4 is 11.1 Å². The van der Waals surface area contributed by atoms with Crippen molar-refractivity contribution < 1.29 is 4.79 Å². The number of hydrogen-bond acceptors (Lipinski definition) is 3. The van der Waals surface area contributed by atoms with Gasteiger partial charge in [-0.15, -0.1) is 12.4 Å². The Kier molecular flexibility index (Phi) is 7.08. The van der Waals surface area contributed by atoms with Crippen molar-refractivity contribution in [1.82, 2.24) is 15.1 Å². The summed E-state index contributed by atoms with van der Waals surface area (Å²) in [5.41, 5.74) is 9.00. The molecule has 3 N–H and O–H groups in total. The molecule has 0 bridgehead atoms. The van der Waals surface area contributed by atoms with Crippen LogP contribution in [0.25, 0.3) is 0 Å². The van der Waals surface area contributed by atoms with Gasteiger partial charge in [-0.3, -0.25) is 9.48 Å². The first kappa shape index (κ1) is 17.9. The number of aromatic nitrogens is 2. The van der Waals surface area contributed by atoms with E-state index in [1.807, 2.05) is 39.4 Å². The molecule has 1 rings (SSSR count). The van der Waals surface area contributed by atoms with Crippen molar-refractivity contribution in [2.24, 2.45) is 12.8 Å². The molecule has 0 saturated heterocycles. The van der Waals surface area contributed by atoms with E-state index in [-0.39, 0.29) is 30.4 Å². The van der Waals surface area contributed by atoms with Crippen molar-refractivity contribution >= 4 is 18.3 Å². The zero-order valence-electron chi connectivity index (χ0n) is 12.4. The minimum atomic E-state index is -0.0981. The van der Waals surface area contributed by atoms with Gasteiger partial charge >= 0.3 is 0 Å². The molecular weight excluding hydrogens is 264 g/mol. The minimum Gasteiger partial charge on any atom is -0.353 e. The number of rotatable bonds is 5. The molecule has 0 aliphatic carbocycles. The summed E-state index contributed by atoms with van der Waals surface area (Å²) in [4.78, 5) is 11.6. The van der Waals surface area contributed by atoms with E-state index in [1.165, 1.54) is 5.56 Å². The predicted molar refractivity (Wildman–Crippen MR) is 79.5 cm³/mol. The Hall–Kier alpha value is -1.07. The first-order chi connectivity index (χ1) is 8.31. The molecule has 5 nitrogen and oxygen atoms in total. The van der Waals surface area contributed by atoms with Crippen molar-refractivity contribution in [1.29, 1.82) is 0 Å². The van der Waals surface area contributed by atoms with E-state index >= 15 is 0 Å². The van der Waals surface area contributed by atoms with Gasteiger partial charge in [0.15, 0.2) is 0 Å². The molecule has 6 heteroatoms. The van der Waals surface area contributed by atoms with E-state index in [0.29, 0.717) is 6.42 Å². The number of nitrogens with zero attached hydrogens (tertiary/aromatic N) is 2. The number of aryl methyl sites for hydroxylation is 2. The van der Waals surface area contributed by atoms with Crippen LogP contribution in [-0.2, 0) is 18.3 Å². The highest BCUT2D eigenvalue weighted by Gasteiger charge is 2.15. The van der Waals surface area contributed by atoms with Crippen LogP contribution in [0.2, 0.25) is 0 Å². The van der Waals surface area contributed by atoms with Crippen LogP contribution in [0.1, 0.15) is 37.2 Å². The number of carbonyl (C=O) groups excluding carboxylic acids is 1. The van der Waals surface area contributed by atoms with Crippen LogP contribution in [0.5, 0.6) is 0 Å². The maximum Gasteiger partial charge on any atom is 0.221 e.